The largest absolute Gasteiger partial charge is 0.508 e. The number of ether oxygens (including phenoxy) is 1. The molecule has 0 radical (unpaired) electrons. The van der Waals surface area contributed by atoms with E-state index < -0.39 is 0 Å². The second-order valence-corrected chi connectivity index (χ2v) is 4.57. The van der Waals surface area contributed by atoms with Crippen LogP contribution < -0.4 is 5.32 Å². The minimum atomic E-state index is -0.117. The Morgan fingerprint density at radius 2 is 1.74 bits per heavy atom. The average Bonchev–Trinajstić information content (AvgIpc) is 2.43. The van der Waals surface area contributed by atoms with E-state index >= 15 is 0 Å². The van der Waals surface area contributed by atoms with Crippen molar-refractivity contribution in [3.8, 4) is 5.75 Å². The molecule has 0 unspecified atom stereocenters. The first kappa shape index (κ1) is 15.3. The van der Waals surface area contributed by atoms with E-state index in [4.69, 9.17) is 5.11 Å². The third kappa shape index (κ3) is 7.34. The average molecular weight is 265 g/mol. The molecule has 0 saturated heterocycles. The summed E-state index contributed by atoms with van der Waals surface area (Å²) in [7, 11) is 1.43. The van der Waals surface area contributed by atoms with Crippen molar-refractivity contribution in [1.82, 2.24) is 0 Å². The van der Waals surface area contributed by atoms with E-state index in [0.717, 1.165) is 44.3 Å². The third-order valence-electron chi connectivity index (χ3n) is 2.98. The van der Waals surface area contributed by atoms with Crippen LogP contribution in [0.5, 0.6) is 5.75 Å². The summed E-state index contributed by atoms with van der Waals surface area (Å²) in [5, 5.41) is 12.4. The van der Waals surface area contributed by atoms with Crippen LogP contribution in [0.3, 0.4) is 0 Å². The molecule has 0 heterocycles. The molecule has 0 spiro atoms. The molecule has 0 atom stereocenters. The van der Waals surface area contributed by atoms with E-state index in [0.29, 0.717) is 6.42 Å². The SMILES string of the molecule is COC(=O)CCCCCCCNc1ccc(O)cc1. The summed E-state index contributed by atoms with van der Waals surface area (Å²) >= 11 is 0. The van der Waals surface area contributed by atoms with Gasteiger partial charge in [0.25, 0.3) is 0 Å². The van der Waals surface area contributed by atoms with Gasteiger partial charge in [0.1, 0.15) is 5.75 Å². The summed E-state index contributed by atoms with van der Waals surface area (Å²) in [6.45, 7) is 0.932. The number of anilines is 1. The van der Waals surface area contributed by atoms with E-state index in [9.17, 15) is 4.79 Å². The van der Waals surface area contributed by atoms with Crippen molar-refractivity contribution in [1.29, 1.82) is 0 Å². The third-order valence-corrected chi connectivity index (χ3v) is 2.98. The van der Waals surface area contributed by atoms with Crippen molar-refractivity contribution >= 4 is 11.7 Å². The van der Waals surface area contributed by atoms with E-state index in [2.05, 4.69) is 10.1 Å². The fourth-order valence-electron chi connectivity index (χ4n) is 1.84. The van der Waals surface area contributed by atoms with Crippen LogP contribution in [-0.2, 0) is 9.53 Å². The monoisotopic (exact) mass is 265 g/mol. The second-order valence-electron chi connectivity index (χ2n) is 4.57. The Hall–Kier alpha value is -1.71. The summed E-state index contributed by atoms with van der Waals surface area (Å²) in [6, 6.07) is 7.08. The molecule has 0 aromatic heterocycles. The number of carbonyl (C=O) groups excluding carboxylic acids is 1. The molecule has 0 aliphatic rings. The Bertz CT molecular complexity index is 362. The molecule has 0 aliphatic carbocycles. The highest BCUT2D eigenvalue weighted by atomic mass is 16.5. The number of unbranched alkanes of at least 4 members (excludes halogenated alkanes) is 4. The summed E-state index contributed by atoms with van der Waals surface area (Å²) in [5.41, 5.74) is 1.03. The van der Waals surface area contributed by atoms with Gasteiger partial charge in [-0.25, -0.2) is 0 Å². The van der Waals surface area contributed by atoms with Gasteiger partial charge in [0.15, 0.2) is 0 Å². The number of rotatable bonds is 9. The molecule has 0 bridgehead atoms. The second kappa shape index (κ2) is 9.25. The predicted molar refractivity (Wildman–Crippen MR) is 76.3 cm³/mol. The Balaban J connectivity index is 1.94. The van der Waals surface area contributed by atoms with Crippen molar-refractivity contribution < 1.29 is 14.6 Å². The molecule has 4 heteroatoms. The van der Waals surface area contributed by atoms with Gasteiger partial charge in [0, 0.05) is 18.7 Å². The normalized spacial score (nSPS) is 10.2. The molecule has 0 fully saturated rings. The fraction of sp³-hybridized carbons (Fsp3) is 0.533. The number of hydrogen-bond acceptors (Lipinski definition) is 4. The maximum Gasteiger partial charge on any atom is 0.305 e. The summed E-state index contributed by atoms with van der Waals surface area (Å²) < 4.78 is 4.59. The summed E-state index contributed by atoms with van der Waals surface area (Å²) in [5.74, 6) is 0.171. The molecular weight excluding hydrogens is 242 g/mol. The number of esters is 1. The molecule has 4 nitrogen and oxygen atoms in total. The number of carbonyl (C=O) groups is 1. The van der Waals surface area contributed by atoms with Crippen LogP contribution >= 0.6 is 0 Å². The van der Waals surface area contributed by atoms with Crippen molar-refractivity contribution in [3.63, 3.8) is 0 Å². The fourth-order valence-corrected chi connectivity index (χ4v) is 1.84. The van der Waals surface area contributed by atoms with Gasteiger partial charge in [-0.3, -0.25) is 4.79 Å². The highest BCUT2D eigenvalue weighted by molar-refractivity contribution is 5.68. The number of hydrogen-bond donors (Lipinski definition) is 2. The molecule has 106 valence electrons. The highest BCUT2D eigenvalue weighted by Crippen LogP contribution is 2.14. The zero-order valence-electron chi connectivity index (χ0n) is 11.5. The van der Waals surface area contributed by atoms with Crippen molar-refractivity contribution in [2.24, 2.45) is 0 Å². The van der Waals surface area contributed by atoms with Crippen LogP contribution in [0.25, 0.3) is 0 Å². The predicted octanol–water partition coefficient (Wildman–Crippen LogP) is 3.32. The van der Waals surface area contributed by atoms with Crippen LogP contribution in [0.4, 0.5) is 5.69 Å². The van der Waals surface area contributed by atoms with Crippen LogP contribution in [0, 0.1) is 0 Å². The zero-order chi connectivity index (χ0) is 13.9. The van der Waals surface area contributed by atoms with Crippen molar-refractivity contribution in [2.75, 3.05) is 19.0 Å². The van der Waals surface area contributed by atoms with E-state index in [-0.39, 0.29) is 11.7 Å². The van der Waals surface area contributed by atoms with E-state index in [1.165, 1.54) is 7.11 Å². The quantitative estimate of drug-likeness (QED) is 0.408. The number of nitrogens with one attached hydrogen (secondary N) is 1. The van der Waals surface area contributed by atoms with Crippen molar-refractivity contribution in [2.45, 2.75) is 38.5 Å². The lowest BCUT2D eigenvalue weighted by atomic mass is 10.1. The molecule has 19 heavy (non-hydrogen) atoms. The lowest BCUT2D eigenvalue weighted by molar-refractivity contribution is -0.140. The molecule has 2 N–H and O–H groups in total. The number of phenols is 1. The van der Waals surface area contributed by atoms with Gasteiger partial charge < -0.3 is 15.2 Å². The Morgan fingerprint density at radius 3 is 2.42 bits per heavy atom. The van der Waals surface area contributed by atoms with E-state index in [1.54, 1.807) is 12.1 Å². The first-order chi connectivity index (χ1) is 9.22. The lowest BCUT2D eigenvalue weighted by Gasteiger charge is -2.06. The molecule has 0 amide bonds. The van der Waals surface area contributed by atoms with Crippen LogP contribution in [0.15, 0.2) is 24.3 Å². The van der Waals surface area contributed by atoms with Gasteiger partial charge in [-0.2, -0.15) is 0 Å². The standard InChI is InChI=1S/C15H23NO3/c1-19-15(18)7-5-3-2-4-6-12-16-13-8-10-14(17)11-9-13/h8-11,16-17H,2-7,12H2,1H3. The van der Waals surface area contributed by atoms with Gasteiger partial charge in [-0.05, 0) is 37.1 Å². The lowest BCUT2D eigenvalue weighted by Crippen LogP contribution is -2.01. The maximum absolute atomic E-state index is 10.9. The van der Waals surface area contributed by atoms with Gasteiger partial charge in [0.2, 0.25) is 0 Å². The van der Waals surface area contributed by atoms with Gasteiger partial charge in [-0.15, -0.1) is 0 Å². The minimum absolute atomic E-state index is 0.117. The molecule has 1 aromatic carbocycles. The number of phenolic OH excluding ortho intramolecular Hbond substituents is 1. The Kier molecular flexibility index (Phi) is 7.47. The first-order valence-corrected chi connectivity index (χ1v) is 6.82. The smallest absolute Gasteiger partial charge is 0.305 e. The Morgan fingerprint density at radius 1 is 1.11 bits per heavy atom. The summed E-state index contributed by atoms with van der Waals surface area (Å²) in [6.07, 6.45) is 5.94. The van der Waals surface area contributed by atoms with Crippen molar-refractivity contribution in [3.05, 3.63) is 24.3 Å². The van der Waals surface area contributed by atoms with Crippen LogP contribution in [0.1, 0.15) is 38.5 Å². The molecule has 0 saturated carbocycles. The molecule has 0 aliphatic heterocycles. The molecule has 1 rings (SSSR count). The number of aromatic hydroxyl groups is 1. The molecular formula is C15H23NO3. The van der Waals surface area contributed by atoms with Crippen LogP contribution in [-0.4, -0.2) is 24.7 Å². The highest BCUT2D eigenvalue weighted by Gasteiger charge is 1.99. The first-order valence-electron chi connectivity index (χ1n) is 6.82. The van der Waals surface area contributed by atoms with Gasteiger partial charge in [0.05, 0.1) is 7.11 Å². The number of methoxy groups -OCH3 is 1. The van der Waals surface area contributed by atoms with Crippen LogP contribution in [0.2, 0.25) is 0 Å². The zero-order valence-corrected chi connectivity index (χ0v) is 11.5. The minimum Gasteiger partial charge on any atom is -0.508 e. The maximum atomic E-state index is 10.9. The Labute approximate surface area is 114 Å². The number of benzene rings is 1. The topological polar surface area (TPSA) is 58.6 Å². The van der Waals surface area contributed by atoms with E-state index in [1.807, 2.05) is 12.1 Å². The summed E-state index contributed by atoms with van der Waals surface area (Å²) in [4.78, 5) is 10.9. The van der Waals surface area contributed by atoms with Gasteiger partial charge in [-0.1, -0.05) is 19.3 Å². The molecule has 1 aromatic rings. The van der Waals surface area contributed by atoms with Gasteiger partial charge >= 0.3 is 5.97 Å².